The molecule has 186 valence electrons. The number of likely N-dealkylation sites (N-methyl/N-ethyl adjacent to an activating group) is 1. The molecule has 1 aliphatic carbocycles. The predicted molar refractivity (Wildman–Crippen MR) is 143 cm³/mol. The molecule has 4 rings (SSSR count). The fourth-order valence-corrected chi connectivity index (χ4v) is 5.10. The van der Waals surface area contributed by atoms with Crippen LogP contribution >= 0.6 is 0 Å². The standard InChI is InChI=1S/C26H32N2O2.2C2H6/c1-28-24-15-9-8-14-21(24)22(20-12-6-3-7-13-20)18-23(26(28)30)27-25(29)17-16-19-10-4-2-5-11-19;2*1-2/h3,6-9,12-15,19,22-23H,2,4-5,10-11,16-18H2,1H3,(H,27,29);2*1-2H3. The maximum atomic E-state index is 13.2. The van der Waals surface area contributed by atoms with Crippen molar-refractivity contribution in [2.45, 2.75) is 91.0 Å². The van der Waals surface area contributed by atoms with Crippen molar-refractivity contribution in [2.75, 3.05) is 11.9 Å². The molecule has 4 heteroatoms. The molecule has 1 saturated carbocycles. The van der Waals surface area contributed by atoms with Crippen molar-refractivity contribution in [1.82, 2.24) is 5.32 Å². The van der Waals surface area contributed by atoms with Crippen LogP contribution in [0.15, 0.2) is 54.6 Å². The van der Waals surface area contributed by atoms with Gasteiger partial charge < -0.3 is 10.2 Å². The first kappa shape index (κ1) is 27.6. The number of amides is 2. The van der Waals surface area contributed by atoms with Crippen LogP contribution in [-0.2, 0) is 9.59 Å². The van der Waals surface area contributed by atoms with Gasteiger partial charge in [-0.05, 0) is 36.0 Å². The fraction of sp³-hybridized carbons (Fsp3) is 0.533. The summed E-state index contributed by atoms with van der Waals surface area (Å²) in [5.41, 5.74) is 3.24. The SMILES string of the molecule is CC.CC.CN1C(=O)C(NC(=O)CCC2CCCCC2)CC(c2ccccc2)c2ccccc21. The number of carbonyl (C=O) groups excluding carboxylic acids is 2. The van der Waals surface area contributed by atoms with Gasteiger partial charge in [-0.3, -0.25) is 9.59 Å². The minimum atomic E-state index is -0.508. The molecule has 2 aromatic carbocycles. The van der Waals surface area contributed by atoms with E-state index in [-0.39, 0.29) is 17.7 Å². The van der Waals surface area contributed by atoms with Crippen LogP contribution in [0.25, 0.3) is 0 Å². The molecule has 1 aliphatic heterocycles. The van der Waals surface area contributed by atoms with Crippen LogP contribution < -0.4 is 10.2 Å². The number of carbonyl (C=O) groups is 2. The Morgan fingerprint density at radius 2 is 1.53 bits per heavy atom. The first-order valence-electron chi connectivity index (χ1n) is 13.3. The monoisotopic (exact) mass is 464 g/mol. The lowest BCUT2D eigenvalue weighted by Crippen LogP contribution is -2.47. The molecule has 2 atom stereocenters. The van der Waals surface area contributed by atoms with E-state index in [9.17, 15) is 9.59 Å². The number of nitrogens with one attached hydrogen (secondary N) is 1. The van der Waals surface area contributed by atoms with E-state index in [1.165, 1.54) is 37.7 Å². The lowest BCUT2D eigenvalue weighted by atomic mass is 9.85. The van der Waals surface area contributed by atoms with Gasteiger partial charge >= 0.3 is 0 Å². The number of anilines is 1. The van der Waals surface area contributed by atoms with Gasteiger partial charge in [-0.1, -0.05) is 108 Å². The zero-order valence-electron chi connectivity index (χ0n) is 21.8. The Morgan fingerprint density at radius 1 is 0.912 bits per heavy atom. The van der Waals surface area contributed by atoms with E-state index in [4.69, 9.17) is 0 Å². The summed E-state index contributed by atoms with van der Waals surface area (Å²) in [4.78, 5) is 27.7. The molecule has 2 aromatic rings. The molecule has 2 amide bonds. The second kappa shape index (κ2) is 14.6. The zero-order chi connectivity index (χ0) is 24.9. The Hall–Kier alpha value is -2.62. The van der Waals surface area contributed by atoms with Gasteiger partial charge in [0.05, 0.1) is 0 Å². The van der Waals surface area contributed by atoms with Gasteiger partial charge in [0, 0.05) is 25.1 Å². The molecule has 1 N–H and O–H groups in total. The number of hydrogen-bond donors (Lipinski definition) is 1. The lowest BCUT2D eigenvalue weighted by Gasteiger charge is -2.24. The molecule has 1 fully saturated rings. The molecule has 4 nitrogen and oxygen atoms in total. The van der Waals surface area contributed by atoms with Crippen molar-refractivity contribution in [1.29, 1.82) is 0 Å². The zero-order valence-corrected chi connectivity index (χ0v) is 21.8. The van der Waals surface area contributed by atoms with E-state index in [2.05, 4.69) is 23.5 Å². The molecule has 0 radical (unpaired) electrons. The Labute approximate surface area is 207 Å². The largest absolute Gasteiger partial charge is 0.344 e. The third-order valence-electron chi connectivity index (χ3n) is 6.82. The third-order valence-corrected chi connectivity index (χ3v) is 6.82. The van der Waals surface area contributed by atoms with Crippen molar-refractivity contribution in [3.63, 3.8) is 0 Å². The second-order valence-corrected chi connectivity index (χ2v) is 8.82. The van der Waals surface area contributed by atoms with Crippen molar-refractivity contribution < 1.29 is 9.59 Å². The van der Waals surface area contributed by atoms with Gasteiger partial charge in [0.15, 0.2) is 0 Å². The molecule has 0 saturated heterocycles. The van der Waals surface area contributed by atoms with Gasteiger partial charge in [0.1, 0.15) is 6.04 Å². The minimum Gasteiger partial charge on any atom is -0.344 e. The number of hydrogen-bond acceptors (Lipinski definition) is 2. The van der Waals surface area contributed by atoms with E-state index in [1.54, 1.807) is 4.90 Å². The summed E-state index contributed by atoms with van der Waals surface area (Å²) in [6, 6.07) is 17.9. The van der Waals surface area contributed by atoms with Crippen LogP contribution in [0.1, 0.15) is 96.1 Å². The van der Waals surface area contributed by atoms with Gasteiger partial charge in [0.25, 0.3) is 0 Å². The first-order valence-corrected chi connectivity index (χ1v) is 13.3. The van der Waals surface area contributed by atoms with Crippen molar-refractivity contribution in [2.24, 2.45) is 5.92 Å². The van der Waals surface area contributed by atoms with E-state index in [1.807, 2.05) is 71.1 Å². The number of rotatable bonds is 5. The molecular weight excluding hydrogens is 420 g/mol. The van der Waals surface area contributed by atoms with Gasteiger partial charge in [0.2, 0.25) is 11.8 Å². The number of para-hydroxylation sites is 1. The molecule has 1 heterocycles. The Bertz CT molecular complexity index is 874. The third kappa shape index (κ3) is 7.19. The van der Waals surface area contributed by atoms with Crippen LogP contribution in [-0.4, -0.2) is 24.9 Å². The van der Waals surface area contributed by atoms with E-state index >= 15 is 0 Å². The van der Waals surface area contributed by atoms with Gasteiger partial charge in [-0.15, -0.1) is 0 Å². The van der Waals surface area contributed by atoms with Crippen molar-refractivity contribution in [3.8, 4) is 0 Å². The number of fused-ring (bicyclic) bond motifs is 1. The van der Waals surface area contributed by atoms with Gasteiger partial charge in [-0.25, -0.2) is 0 Å². The Morgan fingerprint density at radius 3 is 2.21 bits per heavy atom. The highest BCUT2D eigenvalue weighted by molar-refractivity contribution is 6.00. The molecule has 2 unspecified atom stereocenters. The predicted octanol–water partition coefficient (Wildman–Crippen LogP) is 7.08. The maximum absolute atomic E-state index is 13.2. The Kier molecular flexibility index (Phi) is 11.9. The van der Waals surface area contributed by atoms with Gasteiger partial charge in [-0.2, -0.15) is 0 Å². The number of benzene rings is 2. The van der Waals surface area contributed by atoms with Crippen LogP contribution in [0.4, 0.5) is 5.69 Å². The highest BCUT2D eigenvalue weighted by Crippen LogP contribution is 2.38. The molecular formula is C30H44N2O2. The van der Waals surface area contributed by atoms with Crippen LogP contribution in [0, 0.1) is 5.92 Å². The summed E-state index contributed by atoms with van der Waals surface area (Å²) in [6.45, 7) is 8.00. The van der Waals surface area contributed by atoms with Crippen LogP contribution in [0.2, 0.25) is 0 Å². The highest BCUT2D eigenvalue weighted by Gasteiger charge is 2.34. The maximum Gasteiger partial charge on any atom is 0.249 e. The van der Waals surface area contributed by atoms with E-state index in [0.717, 1.165) is 17.7 Å². The minimum absolute atomic E-state index is 0.00471. The molecule has 0 spiro atoms. The van der Waals surface area contributed by atoms with Crippen LogP contribution in [0.3, 0.4) is 0 Å². The summed E-state index contributed by atoms with van der Waals surface area (Å²) in [5, 5.41) is 3.08. The normalized spacial score (nSPS) is 20.0. The summed E-state index contributed by atoms with van der Waals surface area (Å²) in [7, 11) is 1.82. The lowest BCUT2D eigenvalue weighted by molar-refractivity contribution is -0.127. The van der Waals surface area contributed by atoms with E-state index in [0.29, 0.717) is 18.8 Å². The van der Waals surface area contributed by atoms with Crippen molar-refractivity contribution >= 4 is 17.5 Å². The van der Waals surface area contributed by atoms with Crippen LogP contribution in [0.5, 0.6) is 0 Å². The van der Waals surface area contributed by atoms with Crippen molar-refractivity contribution in [3.05, 3.63) is 65.7 Å². The summed E-state index contributed by atoms with van der Waals surface area (Å²) in [6.07, 6.45) is 8.41. The average molecular weight is 465 g/mol. The summed E-state index contributed by atoms with van der Waals surface area (Å²) >= 11 is 0. The first-order chi connectivity index (χ1) is 16.6. The summed E-state index contributed by atoms with van der Waals surface area (Å²) < 4.78 is 0. The second-order valence-electron chi connectivity index (χ2n) is 8.82. The number of nitrogens with zero attached hydrogens (tertiary/aromatic N) is 1. The fourth-order valence-electron chi connectivity index (χ4n) is 5.10. The average Bonchev–Trinajstić information content (AvgIpc) is 3.01. The Balaban J connectivity index is 0.000000970. The molecule has 0 bridgehead atoms. The van der Waals surface area contributed by atoms with E-state index < -0.39 is 6.04 Å². The summed E-state index contributed by atoms with van der Waals surface area (Å²) in [5.74, 6) is 0.704. The topological polar surface area (TPSA) is 49.4 Å². The molecule has 34 heavy (non-hydrogen) atoms. The highest BCUT2D eigenvalue weighted by atomic mass is 16.2. The smallest absolute Gasteiger partial charge is 0.249 e. The molecule has 0 aromatic heterocycles. The quantitative estimate of drug-likeness (QED) is 0.514. The molecule has 2 aliphatic rings.